The Morgan fingerprint density at radius 3 is 2.65 bits per heavy atom. The number of halogens is 1. The van der Waals surface area contributed by atoms with Gasteiger partial charge in [0.25, 0.3) is 0 Å². The lowest BCUT2D eigenvalue weighted by molar-refractivity contribution is 0.356. The van der Waals surface area contributed by atoms with E-state index in [0.717, 1.165) is 35.4 Å². The summed E-state index contributed by atoms with van der Waals surface area (Å²) in [5.74, 6) is 1.70. The van der Waals surface area contributed by atoms with Crippen molar-refractivity contribution in [1.82, 2.24) is 15.1 Å². The predicted octanol–water partition coefficient (Wildman–Crippen LogP) is 3.59. The molecule has 0 amide bonds. The van der Waals surface area contributed by atoms with Gasteiger partial charge < -0.3 is 5.32 Å². The summed E-state index contributed by atoms with van der Waals surface area (Å²) in [4.78, 5) is 0. The Hall–Kier alpha value is -0.540. The molecule has 3 nitrogen and oxygen atoms in total. The Balaban J connectivity index is 2.09. The van der Waals surface area contributed by atoms with Crippen LogP contribution < -0.4 is 5.32 Å². The van der Waals surface area contributed by atoms with Gasteiger partial charge in [-0.05, 0) is 38.1 Å². The molecule has 1 aliphatic carbocycles. The number of aromatic nitrogens is 2. The van der Waals surface area contributed by atoms with E-state index in [2.05, 4.69) is 31.3 Å². The first kappa shape index (κ1) is 15.8. The van der Waals surface area contributed by atoms with Crippen molar-refractivity contribution < 1.29 is 0 Å². The molecule has 0 bridgehead atoms. The minimum atomic E-state index is 0.518. The van der Waals surface area contributed by atoms with Gasteiger partial charge in [0.15, 0.2) is 0 Å². The van der Waals surface area contributed by atoms with Crippen LogP contribution in [0.4, 0.5) is 0 Å². The first-order valence-corrected chi connectivity index (χ1v) is 8.35. The highest BCUT2D eigenvalue weighted by molar-refractivity contribution is 6.31. The SMILES string of the molecule is CCc1nn(C)c(CC(NC)C2CCC(CC)C2)c1Cl. The maximum Gasteiger partial charge on any atom is 0.0850 e. The number of aryl methyl sites for hydroxylation is 2. The van der Waals surface area contributed by atoms with Crippen molar-refractivity contribution >= 4 is 11.6 Å². The highest BCUT2D eigenvalue weighted by Gasteiger charge is 2.30. The van der Waals surface area contributed by atoms with Crippen molar-refractivity contribution in [3.63, 3.8) is 0 Å². The summed E-state index contributed by atoms with van der Waals surface area (Å²) >= 11 is 6.48. The first-order valence-electron chi connectivity index (χ1n) is 7.98. The molecule has 1 aliphatic rings. The first-order chi connectivity index (χ1) is 9.60. The van der Waals surface area contributed by atoms with Crippen LogP contribution in [0.1, 0.15) is 50.9 Å². The average molecular weight is 298 g/mol. The highest BCUT2D eigenvalue weighted by Crippen LogP contribution is 2.36. The zero-order valence-corrected chi connectivity index (χ0v) is 14.0. The van der Waals surface area contributed by atoms with Gasteiger partial charge in [-0.25, -0.2) is 0 Å². The second-order valence-corrected chi connectivity index (χ2v) is 6.51. The molecule has 0 saturated heterocycles. The number of likely N-dealkylation sites (N-methyl/N-ethyl adjacent to an activating group) is 1. The summed E-state index contributed by atoms with van der Waals surface area (Å²) in [7, 11) is 4.09. The topological polar surface area (TPSA) is 29.9 Å². The van der Waals surface area contributed by atoms with Crippen LogP contribution in [0.25, 0.3) is 0 Å². The van der Waals surface area contributed by atoms with E-state index in [0.29, 0.717) is 6.04 Å². The van der Waals surface area contributed by atoms with Gasteiger partial charge in [0.2, 0.25) is 0 Å². The monoisotopic (exact) mass is 297 g/mol. The van der Waals surface area contributed by atoms with E-state index < -0.39 is 0 Å². The minimum Gasteiger partial charge on any atom is -0.316 e. The molecule has 1 aromatic rings. The molecular weight excluding hydrogens is 270 g/mol. The number of nitrogens with zero attached hydrogens (tertiary/aromatic N) is 2. The Kier molecular flexibility index (Phi) is 5.50. The van der Waals surface area contributed by atoms with Crippen molar-refractivity contribution in [2.24, 2.45) is 18.9 Å². The van der Waals surface area contributed by atoms with Crippen molar-refractivity contribution in [1.29, 1.82) is 0 Å². The summed E-state index contributed by atoms with van der Waals surface area (Å²) in [6.07, 6.45) is 7.30. The van der Waals surface area contributed by atoms with Gasteiger partial charge in [-0.15, -0.1) is 0 Å². The Labute approximate surface area is 128 Å². The van der Waals surface area contributed by atoms with Crippen LogP contribution in [-0.4, -0.2) is 22.9 Å². The van der Waals surface area contributed by atoms with E-state index in [4.69, 9.17) is 11.6 Å². The van der Waals surface area contributed by atoms with Gasteiger partial charge in [-0.2, -0.15) is 5.10 Å². The Bertz CT molecular complexity index is 441. The van der Waals surface area contributed by atoms with E-state index >= 15 is 0 Å². The third-order valence-corrected chi connectivity index (χ3v) is 5.45. The lowest BCUT2D eigenvalue weighted by Gasteiger charge is -2.23. The largest absolute Gasteiger partial charge is 0.316 e. The highest BCUT2D eigenvalue weighted by atomic mass is 35.5. The smallest absolute Gasteiger partial charge is 0.0850 e. The van der Waals surface area contributed by atoms with Crippen molar-refractivity contribution in [3.05, 3.63) is 16.4 Å². The maximum atomic E-state index is 6.48. The molecule has 0 aliphatic heterocycles. The minimum absolute atomic E-state index is 0.518. The molecule has 114 valence electrons. The van der Waals surface area contributed by atoms with Crippen LogP contribution in [0, 0.1) is 11.8 Å². The van der Waals surface area contributed by atoms with Gasteiger partial charge >= 0.3 is 0 Å². The Morgan fingerprint density at radius 1 is 1.40 bits per heavy atom. The number of rotatable bonds is 6. The van der Waals surface area contributed by atoms with Crippen LogP contribution in [0.2, 0.25) is 5.02 Å². The lowest BCUT2D eigenvalue weighted by Crippen LogP contribution is -2.35. The van der Waals surface area contributed by atoms with Crippen molar-refractivity contribution in [2.45, 2.75) is 58.4 Å². The second kappa shape index (κ2) is 6.95. The van der Waals surface area contributed by atoms with Crippen molar-refractivity contribution in [3.8, 4) is 0 Å². The molecular formula is C16H28ClN3. The van der Waals surface area contributed by atoms with Gasteiger partial charge in [0.05, 0.1) is 16.4 Å². The van der Waals surface area contributed by atoms with Gasteiger partial charge in [0, 0.05) is 19.5 Å². The van der Waals surface area contributed by atoms with Gasteiger partial charge in [-0.3, -0.25) is 4.68 Å². The summed E-state index contributed by atoms with van der Waals surface area (Å²) in [5.41, 5.74) is 2.21. The molecule has 1 aromatic heterocycles. The molecule has 1 heterocycles. The Morgan fingerprint density at radius 2 is 2.15 bits per heavy atom. The molecule has 20 heavy (non-hydrogen) atoms. The number of hydrogen-bond donors (Lipinski definition) is 1. The van der Waals surface area contributed by atoms with E-state index in [9.17, 15) is 0 Å². The molecule has 0 radical (unpaired) electrons. The standard InChI is InChI=1S/C16H28ClN3/c1-5-11-7-8-12(9-11)14(18-3)10-15-16(17)13(6-2)19-20(15)4/h11-12,14,18H,5-10H2,1-4H3. The number of hydrogen-bond acceptors (Lipinski definition) is 2. The molecule has 0 aromatic carbocycles. The summed E-state index contributed by atoms with van der Waals surface area (Å²) in [6.45, 7) is 4.42. The summed E-state index contributed by atoms with van der Waals surface area (Å²) in [5, 5.41) is 8.93. The lowest BCUT2D eigenvalue weighted by atomic mass is 9.92. The van der Waals surface area contributed by atoms with E-state index in [-0.39, 0.29) is 0 Å². The predicted molar refractivity (Wildman–Crippen MR) is 85.3 cm³/mol. The van der Waals surface area contributed by atoms with E-state index in [1.165, 1.54) is 31.4 Å². The zero-order valence-electron chi connectivity index (χ0n) is 13.2. The van der Waals surface area contributed by atoms with Crippen molar-refractivity contribution in [2.75, 3.05) is 7.05 Å². The fraction of sp³-hybridized carbons (Fsp3) is 0.812. The van der Waals surface area contributed by atoms with Crippen LogP contribution in [0.5, 0.6) is 0 Å². The van der Waals surface area contributed by atoms with Gasteiger partial charge in [-0.1, -0.05) is 38.3 Å². The average Bonchev–Trinajstić information content (AvgIpc) is 3.02. The molecule has 1 N–H and O–H groups in total. The third-order valence-electron chi connectivity index (χ3n) is 5.02. The third kappa shape index (κ3) is 3.20. The van der Waals surface area contributed by atoms with E-state index in [1.54, 1.807) is 0 Å². The maximum absolute atomic E-state index is 6.48. The second-order valence-electron chi connectivity index (χ2n) is 6.13. The van der Waals surface area contributed by atoms with Crippen LogP contribution in [-0.2, 0) is 19.9 Å². The molecule has 0 spiro atoms. The zero-order chi connectivity index (χ0) is 14.7. The van der Waals surface area contributed by atoms with Crippen LogP contribution in [0.15, 0.2) is 0 Å². The summed E-state index contributed by atoms with van der Waals surface area (Å²) in [6, 6.07) is 0.518. The molecule has 3 unspecified atom stereocenters. The molecule has 4 heteroatoms. The molecule has 1 fully saturated rings. The fourth-order valence-corrected chi connectivity index (χ4v) is 3.98. The summed E-state index contributed by atoms with van der Waals surface area (Å²) < 4.78 is 1.97. The number of nitrogens with one attached hydrogen (secondary N) is 1. The normalized spacial score (nSPS) is 24.2. The van der Waals surface area contributed by atoms with Crippen LogP contribution >= 0.6 is 11.6 Å². The molecule has 2 rings (SSSR count). The molecule has 1 saturated carbocycles. The van der Waals surface area contributed by atoms with Gasteiger partial charge in [0.1, 0.15) is 0 Å². The van der Waals surface area contributed by atoms with E-state index in [1.807, 2.05) is 11.7 Å². The quantitative estimate of drug-likeness (QED) is 0.869. The molecule has 3 atom stereocenters. The fourth-order valence-electron chi connectivity index (χ4n) is 3.60. The van der Waals surface area contributed by atoms with Crippen LogP contribution in [0.3, 0.4) is 0 Å².